The Labute approximate surface area is 247 Å². The first-order valence-corrected chi connectivity index (χ1v) is 13.9. The molecule has 2 aromatic heterocycles. The normalized spacial score (nSPS) is 13.1. The van der Waals surface area contributed by atoms with Gasteiger partial charge in [0.15, 0.2) is 0 Å². The number of pyridine rings is 1. The summed E-state index contributed by atoms with van der Waals surface area (Å²) < 4.78 is 19.2. The fourth-order valence-corrected chi connectivity index (χ4v) is 5.27. The lowest BCUT2D eigenvalue weighted by molar-refractivity contribution is -0.116. The quantitative estimate of drug-likeness (QED) is 0.203. The van der Waals surface area contributed by atoms with Crippen LogP contribution in [0.4, 0.5) is 21.6 Å². The van der Waals surface area contributed by atoms with Gasteiger partial charge in [-0.25, -0.2) is 9.18 Å². The Bertz CT molecular complexity index is 1910. The molecule has 0 spiro atoms. The van der Waals surface area contributed by atoms with Crippen molar-refractivity contribution in [2.24, 2.45) is 7.05 Å². The van der Waals surface area contributed by atoms with E-state index in [1.807, 2.05) is 22.6 Å². The van der Waals surface area contributed by atoms with Gasteiger partial charge >= 0.3 is 5.69 Å². The summed E-state index contributed by atoms with van der Waals surface area (Å²) in [6.45, 7) is 1.56. The van der Waals surface area contributed by atoms with Crippen LogP contribution in [-0.4, -0.2) is 50.3 Å². The summed E-state index contributed by atoms with van der Waals surface area (Å²) in [5.74, 6) is -1.16. The number of halogens is 2. The molecule has 0 aliphatic heterocycles. The number of anilines is 3. The molecule has 0 bridgehead atoms. The molecule has 0 atom stereocenters. The van der Waals surface area contributed by atoms with Gasteiger partial charge in [0.05, 0.1) is 29.1 Å². The van der Waals surface area contributed by atoms with Crippen LogP contribution in [0.5, 0.6) is 5.75 Å². The number of nitrogens with zero attached hydrogens (tertiary/aromatic N) is 4. The molecule has 3 N–H and O–H groups in total. The van der Waals surface area contributed by atoms with Gasteiger partial charge in [0.25, 0.3) is 11.1 Å². The number of aromatic hydroxyl groups is 1. The van der Waals surface area contributed by atoms with Crippen molar-refractivity contribution in [3.05, 3.63) is 82.5 Å². The lowest BCUT2D eigenvalue weighted by atomic mass is 10.1. The fraction of sp³-hybridized carbons (Fsp3) is 0.286. The maximum Gasteiger partial charge on any atom is 0.336 e. The number of amides is 1. The van der Waals surface area contributed by atoms with E-state index >= 15 is 0 Å². The number of fused-ring (bicyclic) bond motifs is 1. The van der Waals surface area contributed by atoms with Gasteiger partial charge in [-0.1, -0.05) is 0 Å². The number of phenols is 1. The topological polar surface area (TPSA) is 131 Å². The Hall–Kier alpha value is -3.98. The highest BCUT2D eigenvalue weighted by Crippen LogP contribution is 2.35. The number of carbonyl (C=O) groups excluding carboxylic acids is 1. The van der Waals surface area contributed by atoms with Crippen LogP contribution < -0.4 is 27.4 Å². The number of benzene rings is 2. The molecular formula is C28H28FIN6O5. The molecule has 11 nitrogen and oxygen atoms in total. The predicted octanol–water partition coefficient (Wildman–Crippen LogP) is 3.19. The maximum atomic E-state index is 14.9. The molecule has 214 valence electrons. The molecule has 1 aliphatic rings. The third-order valence-corrected chi connectivity index (χ3v) is 7.58. The van der Waals surface area contributed by atoms with Crippen LogP contribution in [0.15, 0.2) is 50.8 Å². The second-order valence-corrected chi connectivity index (χ2v) is 11.6. The van der Waals surface area contributed by atoms with E-state index in [1.54, 1.807) is 25.1 Å². The summed E-state index contributed by atoms with van der Waals surface area (Å²) in [6.07, 6.45) is 1.25. The van der Waals surface area contributed by atoms with Gasteiger partial charge in [0.2, 0.25) is 5.91 Å². The van der Waals surface area contributed by atoms with E-state index in [2.05, 4.69) is 10.6 Å². The molecule has 0 radical (unpaired) electrons. The number of rotatable bonds is 7. The fourth-order valence-electron chi connectivity index (χ4n) is 4.81. The van der Waals surface area contributed by atoms with Gasteiger partial charge in [-0.3, -0.25) is 28.1 Å². The molecule has 41 heavy (non-hydrogen) atoms. The highest BCUT2D eigenvalue weighted by Gasteiger charge is 2.32. The average Bonchev–Trinajstić information content (AvgIpc) is 3.73. The Morgan fingerprint density at radius 2 is 1.80 bits per heavy atom. The van der Waals surface area contributed by atoms with Gasteiger partial charge in [0, 0.05) is 22.2 Å². The van der Waals surface area contributed by atoms with Gasteiger partial charge in [-0.15, -0.1) is 0 Å². The van der Waals surface area contributed by atoms with E-state index in [9.17, 15) is 28.7 Å². The van der Waals surface area contributed by atoms with Crippen molar-refractivity contribution in [3.63, 3.8) is 0 Å². The molecule has 1 amide bonds. The van der Waals surface area contributed by atoms with Crippen molar-refractivity contribution >= 4 is 56.6 Å². The summed E-state index contributed by atoms with van der Waals surface area (Å²) in [7, 11) is 4.91. The second-order valence-electron chi connectivity index (χ2n) is 10.3. The molecule has 2 aromatic carbocycles. The average molecular weight is 674 g/mol. The molecule has 4 aromatic rings. The smallest absolute Gasteiger partial charge is 0.336 e. The second kappa shape index (κ2) is 10.8. The van der Waals surface area contributed by atoms with Crippen LogP contribution >= 0.6 is 22.6 Å². The van der Waals surface area contributed by atoms with E-state index in [4.69, 9.17) is 0 Å². The molecular weight excluding hydrogens is 646 g/mol. The zero-order valence-electron chi connectivity index (χ0n) is 22.8. The Kier molecular flexibility index (Phi) is 7.50. The summed E-state index contributed by atoms with van der Waals surface area (Å²) in [5, 5.41) is 16.0. The van der Waals surface area contributed by atoms with E-state index in [1.165, 1.54) is 53.4 Å². The number of likely N-dealkylation sites (N-methyl/N-ethyl adjacent to an activating group) is 1. The number of carbonyl (C=O) groups is 1. The summed E-state index contributed by atoms with van der Waals surface area (Å²) >= 11 is 1.98. The number of phenolic OH excluding ortho intramolecular Hbond substituents is 1. The zero-order valence-corrected chi connectivity index (χ0v) is 24.9. The van der Waals surface area contributed by atoms with Crippen molar-refractivity contribution < 1.29 is 14.3 Å². The van der Waals surface area contributed by atoms with Crippen molar-refractivity contribution in [1.82, 2.24) is 18.6 Å². The van der Waals surface area contributed by atoms with Crippen molar-refractivity contribution in [2.75, 3.05) is 31.3 Å². The van der Waals surface area contributed by atoms with E-state index in [0.717, 1.165) is 4.57 Å². The van der Waals surface area contributed by atoms with Gasteiger partial charge in [-0.2, -0.15) is 0 Å². The minimum absolute atomic E-state index is 0.0281. The Morgan fingerprint density at radius 1 is 1.10 bits per heavy atom. The van der Waals surface area contributed by atoms with E-state index in [-0.39, 0.29) is 57.7 Å². The Balaban J connectivity index is 1.83. The number of hydrogen-bond acceptors (Lipinski definition) is 7. The van der Waals surface area contributed by atoms with Crippen molar-refractivity contribution in [2.45, 2.75) is 25.8 Å². The monoisotopic (exact) mass is 674 g/mol. The molecule has 13 heteroatoms. The first kappa shape index (κ1) is 28.5. The lowest BCUT2D eigenvalue weighted by Crippen LogP contribution is -2.41. The Morgan fingerprint density at radius 3 is 2.44 bits per heavy atom. The number of nitrogens with one attached hydrogen (secondary N) is 2. The summed E-state index contributed by atoms with van der Waals surface area (Å²) in [6, 6.07) is 8.37. The van der Waals surface area contributed by atoms with Crippen LogP contribution in [-0.2, 0) is 11.8 Å². The molecule has 1 fully saturated rings. The SMILES string of the molecule is Cc1c(=O)n(C)c(Nc2ccc(I)cc2F)c2c(=O)n(C3CC3)c(=O)n(-c3ccc(O)c(NC(=O)CN(C)C)c3)c12. The third-order valence-electron chi connectivity index (χ3n) is 6.91. The number of aryl methyl sites for hydroxylation is 1. The summed E-state index contributed by atoms with van der Waals surface area (Å²) in [5.41, 5.74) is -1.27. The molecule has 5 rings (SSSR count). The number of aromatic nitrogens is 3. The lowest BCUT2D eigenvalue weighted by Gasteiger charge is -2.21. The minimum Gasteiger partial charge on any atom is -0.506 e. The molecule has 0 unspecified atom stereocenters. The van der Waals surface area contributed by atoms with Crippen molar-refractivity contribution in [3.8, 4) is 11.4 Å². The van der Waals surface area contributed by atoms with Gasteiger partial charge in [-0.05, 0) is 92.8 Å². The van der Waals surface area contributed by atoms with E-state index < -0.39 is 28.5 Å². The first-order chi connectivity index (χ1) is 19.4. The minimum atomic E-state index is -0.663. The molecule has 1 saturated carbocycles. The summed E-state index contributed by atoms with van der Waals surface area (Å²) in [4.78, 5) is 55.4. The maximum absolute atomic E-state index is 14.9. The molecule has 0 saturated heterocycles. The van der Waals surface area contributed by atoms with E-state index in [0.29, 0.717) is 16.4 Å². The van der Waals surface area contributed by atoms with Crippen molar-refractivity contribution in [1.29, 1.82) is 0 Å². The first-order valence-electron chi connectivity index (χ1n) is 12.8. The van der Waals surface area contributed by atoms with Crippen LogP contribution in [0, 0.1) is 16.3 Å². The molecule has 1 aliphatic carbocycles. The highest BCUT2D eigenvalue weighted by atomic mass is 127. The largest absolute Gasteiger partial charge is 0.506 e. The van der Waals surface area contributed by atoms with Crippen LogP contribution in [0.3, 0.4) is 0 Å². The van der Waals surface area contributed by atoms with Crippen LogP contribution in [0.1, 0.15) is 24.4 Å². The zero-order chi connectivity index (χ0) is 29.7. The van der Waals surface area contributed by atoms with Gasteiger partial charge in [0.1, 0.15) is 22.8 Å². The van der Waals surface area contributed by atoms with Gasteiger partial charge < -0.3 is 20.6 Å². The highest BCUT2D eigenvalue weighted by molar-refractivity contribution is 14.1. The standard InChI is InChI=1S/C28H28FIN6O5/c1-14-24-23(25(34(4)26(14)39)32-19-9-5-15(30)11-18(19)29)27(40)36(16-6-7-16)28(41)35(24)17-8-10-21(37)20(12-17)31-22(38)13-33(2)3/h5,8-12,16,32,37H,6-7,13H2,1-4H3,(H,31,38). The number of hydrogen-bond donors (Lipinski definition) is 3. The van der Waals surface area contributed by atoms with Crippen LogP contribution in [0.25, 0.3) is 16.6 Å². The molecule has 2 heterocycles. The predicted molar refractivity (Wildman–Crippen MR) is 163 cm³/mol. The van der Waals surface area contributed by atoms with Crippen LogP contribution in [0.2, 0.25) is 0 Å². The third kappa shape index (κ3) is 5.26.